The Bertz CT molecular complexity index is 1310. The van der Waals surface area contributed by atoms with E-state index in [0.29, 0.717) is 4.57 Å². The van der Waals surface area contributed by atoms with Crippen LogP contribution in [0.15, 0.2) is 15.8 Å². The van der Waals surface area contributed by atoms with Crippen LogP contribution >= 0.6 is 7.60 Å². The molecule has 3 rings (SSSR count). The van der Waals surface area contributed by atoms with Gasteiger partial charge in [-0.15, -0.1) is 0 Å². The molecule has 0 saturated carbocycles. The second-order valence-electron chi connectivity index (χ2n) is 8.99. The van der Waals surface area contributed by atoms with Crippen molar-refractivity contribution in [3.63, 3.8) is 0 Å². The number of nitrogens with one attached hydrogen (secondary N) is 1. The molecule has 2 aromatic rings. The summed E-state index contributed by atoms with van der Waals surface area (Å²) in [5, 5.41) is 30.2. The summed E-state index contributed by atoms with van der Waals surface area (Å²) in [4.78, 5) is 40.5. The van der Waals surface area contributed by atoms with Crippen molar-refractivity contribution in [2.24, 2.45) is 0 Å². The van der Waals surface area contributed by atoms with Gasteiger partial charge in [-0.25, -0.2) is 4.79 Å². The molecule has 1 aliphatic heterocycles. The first-order chi connectivity index (χ1) is 16.4. The number of H-pyrrole nitrogens is 1. The molecule has 0 aromatic carbocycles. The summed E-state index contributed by atoms with van der Waals surface area (Å²) in [6.45, 7) is 5.06. The van der Waals surface area contributed by atoms with Crippen LogP contribution in [-0.4, -0.2) is 64.5 Å². The molecular weight excluding hydrogens is 514 g/mol. The summed E-state index contributed by atoms with van der Waals surface area (Å²) in [7, 11) is -4.46. The maximum Gasteiger partial charge on any atom is 0.431 e. The number of aliphatic hydroxyl groups excluding tert-OH is 3. The molecule has 12 nitrogen and oxygen atoms in total. The maximum absolute atomic E-state index is 13.2. The smallest absolute Gasteiger partial charge is 0.388 e. The third kappa shape index (κ3) is 5.28. The van der Waals surface area contributed by atoms with E-state index in [4.69, 9.17) is 9.26 Å². The average Bonchev–Trinajstić information content (AvgIpc) is 3.02. The zero-order valence-electron chi connectivity index (χ0n) is 19.7. The SMILES string of the molecule is CCC(C)(C[C@H]1O[C@@H](n2cc3c(=O)c(C)c(C(F)(F)F)[nH]c3nc2=O)[C@@H](O)C1O)OP(=O)(O)C(C)O. The Kier molecular flexibility index (Phi) is 7.61. The number of hydrogen-bond acceptors (Lipinski definition) is 9. The molecule has 16 heteroatoms. The first-order valence-electron chi connectivity index (χ1n) is 10.9. The van der Waals surface area contributed by atoms with Gasteiger partial charge in [-0.1, -0.05) is 6.92 Å². The highest BCUT2D eigenvalue weighted by atomic mass is 31.2. The number of pyridine rings is 1. The molecule has 7 atom stereocenters. The molecule has 2 aromatic heterocycles. The Labute approximate surface area is 201 Å². The van der Waals surface area contributed by atoms with E-state index in [1.165, 1.54) is 6.92 Å². The summed E-state index contributed by atoms with van der Waals surface area (Å²) < 4.78 is 63.4. The summed E-state index contributed by atoms with van der Waals surface area (Å²) in [6, 6.07) is 0. The predicted octanol–water partition coefficient (Wildman–Crippen LogP) is 1.13. The molecule has 0 radical (unpaired) electrons. The van der Waals surface area contributed by atoms with Crippen molar-refractivity contribution in [2.45, 2.75) is 82.7 Å². The number of alkyl halides is 3. The van der Waals surface area contributed by atoms with Crippen LogP contribution in [0.4, 0.5) is 13.2 Å². The van der Waals surface area contributed by atoms with Crippen molar-refractivity contribution in [3.05, 3.63) is 38.2 Å². The second-order valence-corrected chi connectivity index (χ2v) is 11.0. The molecule has 1 aliphatic rings. The van der Waals surface area contributed by atoms with E-state index in [0.717, 1.165) is 20.0 Å². The van der Waals surface area contributed by atoms with Crippen molar-refractivity contribution in [3.8, 4) is 0 Å². The van der Waals surface area contributed by atoms with Gasteiger partial charge in [-0.2, -0.15) is 18.2 Å². The molecule has 36 heavy (non-hydrogen) atoms. The van der Waals surface area contributed by atoms with Gasteiger partial charge in [0.05, 0.1) is 17.1 Å². The number of fused-ring (bicyclic) bond motifs is 1. The molecule has 202 valence electrons. The highest BCUT2D eigenvalue weighted by molar-refractivity contribution is 7.53. The van der Waals surface area contributed by atoms with Crippen molar-refractivity contribution >= 4 is 18.6 Å². The molecule has 5 N–H and O–H groups in total. The fraction of sp³-hybridized carbons (Fsp3) is 0.650. The quantitative estimate of drug-likeness (QED) is 0.319. The number of hydrogen-bond donors (Lipinski definition) is 5. The molecule has 3 heterocycles. The van der Waals surface area contributed by atoms with Gasteiger partial charge in [0.15, 0.2) is 17.5 Å². The highest BCUT2D eigenvalue weighted by Gasteiger charge is 2.48. The first-order valence-corrected chi connectivity index (χ1v) is 12.5. The van der Waals surface area contributed by atoms with Crippen LogP contribution < -0.4 is 11.1 Å². The van der Waals surface area contributed by atoms with Crippen LogP contribution in [-0.2, 0) is 20.0 Å². The van der Waals surface area contributed by atoms with E-state index < -0.39 is 77.8 Å². The minimum absolute atomic E-state index is 0.130. The Balaban J connectivity index is 1.98. The lowest BCUT2D eigenvalue weighted by molar-refractivity contribution is -0.141. The van der Waals surface area contributed by atoms with E-state index in [9.17, 15) is 47.5 Å². The van der Waals surface area contributed by atoms with E-state index in [-0.39, 0.29) is 18.2 Å². The van der Waals surface area contributed by atoms with Crippen LogP contribution in [0.25, 0.3) is 11.0 Å². The zero-order valence-corrected chi connectivity index (χ0v) is 20.6. The largest absolute Gasteiger partial charge is 0.431 e. The molecular formula is C20H27F3N3O9P. The molecule has 1 fully saturated rings. The van der Waals surface area contributed by atoms with Gasteiger partial charge < -0.3 is 34.5 Å². The number of aliphatic hydroxyl groups is 3. The lowest BCUT2D eigenvalue weighted by atomic mass is 9.93. The molecule has 0 bridgehead atoms. The third-order valence-electron chi connectivity index (χ3n) is 6.25. The van der Waals surface area contributed by atoms with Crippen molar-refractivity contribution in [1.82, 2.24) is 14.5 Å². The normalized spacial score (nSPS) is 27.1. The molecule has 1 saturated heterocycles. The van der Waals surface area contributed by atoms with E-state index >= 15 is 0 Å². The van der Waals surface area contributed by atoms with Crippen LogP contribution in [0.5, 0.6) is 0 Å². The van der Waals surface area contributed by atoms with Gasteiger partial charge in [0.1, 0.15) is 23.5 Å². The van der Waals surface area contributed by atoms with Crippen LogP contribution in [0.1, 0.15) is 51.1 Å². The summed E-state index contributed by atoms with van der Waals surface area (Å²) in [5.74, 6) is -1.70. The van der Waals surface area contributed by atoms with E-state index in [1.54, 1.807) is 6.92 Å². The van der Waals surface area contributed by atoms with Gasteiger partial charge in [0.2, 0.25) is 0 Å². The standard InChI is InChI=1S/C20H27F3N3O9P/c1-5-19(4,35-36(32,33)9(3)27)6-11-13(29)14(30)17(34-11)26-7-10-12(28)8(2)15(20(21,22)23)24-16(10)25-18(26)31/h7,9,11,13-14,17,27,29-30H,5-6H2,1-4H3,(H,32,33)(H,24,25,31)/t9?,11-,13?,14+,17-,19?/m1/s1. The van der Waals surface area contributed by atoms with Gasteiger partial charge in [-0.05, 0) is 27.2 Å². The fourth-order valence-corrected chi connectivity index (χ4v) is 4.90. The summed E-state index contributed by atoms with van der Waals surface area (Å²) in [5.41, 5.74) is -6.26. The minimum Gasteiger partial charge on any atom is -0.388 e. The van der Waals surface area contributed by atoms with Crippen molar-refractivity contribution < 1.29 is 47.2 Å². The summed E-state index contributed by atoms with van der Waals surface area (Å²) >= 11 is 0. The molecule has 4 unspecified atom stereocenters. The lowest BCUT2D eigenvalue weighted by Gasteiger charge is -2.34. The Morgan fingerprint density at radius 3 is 2.44 bits per heavy atom. The maximum atomic E-state index is 13.2. The Morgan fingerprint density at radius 2 is 1.92 bits per heavy atom. The zero-order chi connectivity index (χ0) is 27.4. The highest BCUT2D eigenvalue weighted by Crippen LogP contribution is 2.52. The number of halogens is 3. The lowest BCUT2D eigenvalue weighted by Crippen LogP contribution is -2.39. The fourth-order valence-electron chi connectivity index (χ4n) is 3.92. The average molecular weight is 541 g/mol. The Hall–Kier alpha value is -2.13. The van der Waals surface area contributed by atoms with Gasteiger partial charge in [-0.3, -0.25) is 13.9 Å². The van der Waals surface area contributed by atoms with Crippen molar-refractivity contribution in [1.29, 1.82) is 0 Å². The monoisotopic (exact) mass is 541 g/mol. The number of nitrogens with zero attached hydrogens (tertiary/aromatic N) is 2. The third-order valence-corrected chi connectivity index (χ3v) is 7.90. The minimum atomic E-state index is -4.89. The van der Waals surface area contributed by atoms with Gasteiger partial charge in [0, 0.05) is 18.2 Å². The predicted molar refractivity (Wildman–Crippen MR) is 118 cm³/mol. The van der Waals surface area contributed by atoms with Crippen LogP contribution in [0.3, 0.4) is 0 Å². The van der Waals surface area contributed by atoms with Gasteiger partial charge in [0.25, 0.3) is 0 Å². The van der Waals surface area contributed by atoms with Crippen molar-refractivity contribution in [2.75, 3.05) is 0 Å². The number of aromatic amines is 1. The van der Waals surface area contributed by atoms with Crippen LogP contribution in [0.2, 0.25) is 0 Å². The molecule has 0 spiro atoms. The van der Waals surface area contributed by atoms with E-state index in [1.807, 2.05) is 4.98 Å². The summed E-state index contributed by atoms with van der Waals surface area (Å²) in [6.07, 6.45) is -10.3. The first kappa shape index (κ1) is 28.4. The molecule has 0 amide bonds. The topological polar surface area (TPSA) is 184 Å². The second kappa shape index (κ2) is 9.63. The number of ether oxygens (including phenoxy) is 1. The number of aromatic nitrogens is 3. The Morgan fingerprint density at radius 1 is 1.31 bits per heavy atom. The van der Waals surface area contributed by atoms with Gasteiger partial charge >= 0.3 is 19.5 Å². The molecule has 0 aliphatic carbocycles. The van der Waals surface area contributed by atoms with E-state index in [2.05, 4.69) is 4.98 Å². The van der Waals surface area contributed by atoms with Crippen LogP contribution in [0, 0.1) is 6.92 Å². The number of rotatable bonds is 7.